The molecule has 1 atom stereocenters. The lowest BCUT2D eigenvalue weighted by Crippen LogP contribution is -2.31. The van der Waals surface area contributed by atoms with Gasteiger partial charge in [-0.25, -0.2) is 0 Å². The number of carbonyl (C=O) groups excluding carboxylic acids is 1. The van der Waals surface area contributed by atoms with Crippen LogP contribution in [0.15, 0.2) is 24.3 Å². The van der Waals surface area contributed by atoms with Crippen molar-refractivity contribution >= 4 is 5.91 Å². The molecule has 0 aromatic heterocycles. The van der Waals surface area contributed by atoms with Crippen molar-refractivity contribution < 1.29 is 9.53 Å². The third-order valence-electron chi connectivity index (χ3n) is 3.10. The van der Waals surface area contributed by atoms with E-state index in [1.807, 2.05) is 18.2 Å². The first-order valence-corrected chi connectivity index (χ1v) is 7.17. The Balaban J connectivity index is 2.32. The van der Waals surface area contributed by atoms with Crippen LogP contribution in [0.1, 0.15) is 38.8 Å². The molecule has 0 aliphatic heterocycles. The fraction of sp³-hybridized carbons (Fsp3) is 0.562. The number of carbonyl (C=O) groups is 1. The Hall–Kier alpha value is -1.55. The minimum Gasteiger partial charge on any atom is -0.497 e. The van der Waals surface area contributed by atoms with Crippen LogP contribution >= 0.6 is 0 Å². The highest BCUT2D eigenvalue weighted by molar-refractivity contribution is 5.76. The standard InChI is InChI=1S/C16H26N2O2/c1-12(2)11-18-16(19)8-9-17-13(3)14-6-5-7-15(10-14)20-4/h5-7,10,12-13,17H,8-9,11H2,1-4H3,(H,18,19). The number of hydrogen-bond donors (Lipinski definition) is 2. The molecule has 4 heteroatoms. The number of rotatable bonds is 8. The number of benzene rings is 1. The highest BCUT2D eigenvalue weighted by Gasteiger charge is 2.07. The molecule has 0 saturated carbocycles. The topological polar surface area (TPSA) is 50.4 Å². The molecule has 4 nitrogen and oxygen atoms in total. The van der Waals surface area contributed by atoms with Gasteiger partial charge in [-0.3, -0.25) is 4.79 Å². The minimum atomic E-state index is 0.101. The summed E-state index contributed by atoms with van der Waals surface area (Å²) in [7, 11) is 1.66. The third-order valence-corrected chi connectivity index (χ3v) is 3.10. The average Bonchev–Trinajstić information content (AvgIpc) is 2.45. The van der Waals surface area contributed by atoms with Crippen LogP contribution in [0.2, 0.25) is 0 Å². The zero-order valence-corrected chi connectivity index (χ0v) is 12.9. The highest BCUT2D eigenvalue weighted by Crippen LogP contribution is 2.18. The van der Waals surface area contributed by atoms with Crippen LogP contribution < -0.4 is 15.4 Å². The molecule has 2 N–H and O–H groups in total. The average molecular weight is 278 g/mol. The largest absolute Gasteiger partial charge is 0.497 e. The van der Waals surface area contributed by atoms with Gasteiger partial charge in [0.1, 0.15) is 5.75 Å². The van der Waals surface area contributed by atoms with E-state index < -0.39 is 0 Å². The normalized spacial score (nSPS) is 12.2. The van der Waals surface area contributed by atoms with Crippen LogP contribution in [0.25, 0.3) is 0 Å². The molecule has 0 heterocycles. The molecular formula is C16H26N2O2. The lowest BCUT2D eigenvalue weighted by molar-refractivity contribution is -0.121. The van der Waals surface area contributed by atoms with Crippen LogP contribution in [0.4, 0.5) is 0 Å². The monoisotopic (exact) mass is 278 g/mol. The van der Waals surface area contributed by atoms with Crippen molar-refractivity contribution in [1.82, 2.24) is 10.6 Å². The number of methoxy groups -OCH3 is 1. The van der Waals surface area contributed by atoms with Crippen LogP contribution in [-0.4, -0.2) is 26.1 Å². The first-order valence-electron chi connectivity index (χ1n) is 7.17. The lowest BCUT2D eigenvalue weighted by Gasteiger charge is -2.15. The Morgan fingerprint density at radius 2 is 2.05 bits per heavy atom. The Bertz CT molecular complexity index is 419. The van der Waals surface area contributed by atoms with Gasteiger partial charge in [-0.15, -0.1) is 0 Å². The van der Waals surface area contributed by atoms with E-state index in [0.717, 1.165) is 17.9 Å². The molecule has 0 saturated heterocycles. The van der Waals surface area contributed by atoms with Crippen molar-refractivity contribution in [3.63, 3.8) is 0 Å². The van der Waals surface area contributed by atoms with E-state index in [-0.39, 0.29) is 11.9 Å². The van der Waals surface area contributed by atoms with Crippen LogP contribution in [0.5, 0.6) is 5.75 Å². The predicted molar refractivity (Wildman–Crippen MR) is 81.9 cm³/mol. The molecule has 0 fully saturated rings. The van der Waals surface area contributed by atoms with E-state index in [4.69, 9.17) is 4.74 Å². The summed E-state index contributed by atoms with van der Waals surface area (Å²) in [5.41, 5.74) is 1.16. The first-order chi connectivity index (χ1) is 9.52. The Morgan fingerprint density at radius 1 is 1.30 bits per heavy atom. The molecule has 1 aromatic carbocycles. The summed E-state index contributed by atoms with van der Waals surface area (Å²) in [5.74, 6) is 1.44. The fourth-order valence-corrected chi connectivity index (χ4v) is 1.84. The van der Waals surface area contributed by atoms with E-state index in [2.05, 4.69) is 37.5 Å². The zero-order chi connectivity index (χ0) is 15.0. The summed E-state index contributed by atoms with van der Waals surface area (Å²) in [6.07, 6.45) is 0.501. The molecule has 0 bridgehead atoms. The van der Waals surface area contributed by atoms with Crippen LogP contribution in [0, 0.1) is 5.92 Å². The molecule has 0 spiro atoms. The molecule has 1 unspecified atom stereocenters. The van der Waals surface area contributed by atoms with Crippen molar-refractivity contribution in [2.75, 3.05) is 20.2 Å². The van der Waals surface area contributed by atoms with Gasteiger partial charge in [0.15, 0.2) is 0 Å². The van der Waals surface area contributed by atoms with E-state index in [9.17, 15) is 4.79 Å². The summed E-state index contributed by atoms with van der Waals surface area (Å²) in [5, 5.41) is 6.27. The number of ether oxygens (including phenoxy) is 1. The third kappa shape index (κ3) is 6.06. The van der Waals surface area contributed by atoms with Gasteiger partial charge in [-0.2, -0.15) is 0 Å². The summed E-state index contributed by atoms with van der Waals surface area (Å²) in [4.78, 5) is 11.6. The summed E-state index contributed by atoms with van der Waals surface area (Å²) in [6, 6.07) is 8.16. The second-order valence-electron chi connectivity index (χ2n) is 5.40. The predicted octanol–water partition coefficient (Wildman–Crippen LogP) is 2.51. The van der Waals surface area contributed by atoms with E-state index in [0.29, 0.717) is 18.9 Å². The number of hydrogen-bond acceptors (Lipinski definition) is 3. The lowest BCUT2D eigenvalue weighted by atomic mass is 10.1. The Kier molecular flexibility index (Phi) is 7.09. The van der Waals surface area contributed by atoms with Gasteiger partial charge in [-0.1, -0.05) is 26.0 Å². The highest BCUT2D eigenvalue weighted by atomic mass is 16.5. The van der Waals surface area contributed by atoms with Gasteiger partial charge in [0.05, 0.1) is 7.11 Å². The molecule has 1 amide bonds. The molecule has 1 rings (SSSR count). The SMILES string of the molecule is COc1cccc(C(C)NCCC(=O)NCC(C)C)c1. The molecule has 0 aliphatic carbocycles. The zero-order valence-electron chi connectivity index (χ0n) is 12.9. The maximum Gasteiger partial charge on any atom is 0.221 e. The second-order valence-corrected chi connectivity index (χ2v) is 5.40. The summed E-state index contributed by atoms with van der Waals surface area (Å²) < 4.78 is 5.21. The molecular weight excluding hydrogens is 252 g/mol. The van der Waals surface area contributed by atoms with Gasteiger partial charge in [0.25, 0.3) is 0 Å². The summed E-state index contributed by atoms with van der Waals surface area (Å²) in [6.45, 7) is 7.67. The second kappa shape index (κ2) is 8.59. The van der Waals surface area contributed by atoms with Crippen molar-refractivity contribution in [3.05, 3.63) is 29.8 Å². The molecule has 0 radical (unpaired) electrons. The van der Waals surface area contributed by atoms with E-state index >= 15 is 0 Å². The van der Waals surface area contributed by atoms with Gasteiger partial charge >= 0.3 is 0 Å². The van der Waals surface area contributed by atoms with Crippen LogP contribution in [-0.2, 0) is 4.79 Å². The minimum absolute atomic E-state index is 0.101. The molecule has 0 aliphatic rings. The van der Waals surface area contributed by atoms with Crippen molar-refractivity contribution in [1.29, 1.82) is 0 Å². The molecule has 20 heavy (non-hydrogen) atoms. The van der Waals surface area contributed by atoms with Crippen molar-refractivity contribution in [2.45, 2.75) is 33.2 Å². The van der Waals surface area contributed by atoms with E-state index in [1.165, 1.54) is 0 Å². The quantitative estimate of drug-likeness (QED) is 0.768. The Labute approximate surface area is 121 Å². The van der Waals surface area contributed by atoms with Crippen molar-refractivity contribution in [3.8, 4) is 5.75 Å². The molecule has 1 aromatic rings. The maximum absolute atomic E-state index is 11.6. The smallest absolute Gasteiger partial charge is 0.221 e. The Morgan fingerprint density at radius 3 is 2.70 bits per heavy atom. The van der Waals surface area contributed by atoms with Gasteiger partial charge < -0.3 is 15.4 Å². The van der Waals surface area contributed by atoms with Gasteiger partial charge in [0, 0.05) is 25.6 Å². The van der Waals surface area contributed by atoms with Crippen LogP contribution in [0.3, 0.4) is 0 Å². The van der Waals surface area contributed by atoms with Gasteiger partial charge in [0.2, 0.25) is 5.91 Å². The maximum atomic E-state index is 11.6. The summed E-state index contributed by atoms with van der Waals surface area (Å²) >= 11 is 0. The number of amides is 1. The van der Waals surface area contributed by atoms with Crippen molar-refractivity contribution in [2.24, 2.45) is 5.92 Å². The number of nitrogens with one attached hydrogen (secondary N) is 2. The van der Waals surface area contributed by atoms with Gasteiger partial charge in [-0.05, 0) is 30.5 Å². The fourth-order valence-electron chi connectivity index (χ4n) is 1.84. The molecule has 112 valence electrons. The first kappa shape index (κ1) is 16.5. The van der Waals surface area contributed by atoms with E-state index in [1.54, 1.807) is 7.11 Å².